The molecule has 14 heavy (non-hydrogen) atoms. The molecule has 1 unspecified atom stereocenters. The van der Waals surface area contributed by atoms with E-state index in [-0.39, 0.29) is 11.8 Å². The molecule has 82 valence electrons. The predicted octanol–water partition coefficient (Wildman–Crippen LogP) is 1.28. The molecule has 0 saturated heterocycles. The van der Waals surface area contributed by atoms with E-state index in [2.05, 4.69) is 12.2 Å². The highest BCUT2D eigenvalue weighted by Crippen LogP contribution is 2.27. The molecule has 0 radical (unpaired) electrons. The Hall–Kier alpha value is -0.570. The molecule has 2 atom stereocenters. The van der Waals surface area contributed by atoms with Crippen LogP contribution in [0.3, 0.4) is 0 Å². The number of carbonyl (C=O) groups excluding carboxylic acids is 1. The molecule has 3 nitrogen and oxygen atoms in total. The molecule has 0 aromatic rings. The molecule has 0 aromatic heterocycles. The molecule has 1 rings (SSSR count). The molecule has 1 saturated carbocycles. The van der Waals surface area contributed by atoms with Gasteiger partial charge < -0.3 is 11.1 Å². The fourth-order valence-electron chi connectivity index (χ4n) is 2.09. The normalized spacial score (nSPS) is 22.1. The summed E-state index contributed by atoms with van der Waals surface area (Å²) in [5.74, 6) is 0.532. The average Bonchev–Trinajstić information content (AvgIpc) is 2.66. The summed E-state index contributed by atoms with van der Waals surface area (Å²) in [6.07, 6.45) is 5.39. The second-order valence-corrected chi connectivity index (χ2v) is 4.54. The molecule has 1 aliphatic rings. The molecule has 1 aliphatic carbocycles. The summed E-state index contributed by atoms with van der Waals surface area (Å²) in [7, 11) is 0. The van der Waals surface area contributed by atoms with E-state index < -0.39 is 0 Å². The maximum absolute atomic E-state index is 10.8. The predicted molar refractivity (Wildman–Crippen MR) is 57.8 cm³/mol. The topological polar surface area (TPSA) is 55.1 Å². The van der Waals surface area contributed by atoms with Crippen LogP contribution in [0.4, 0.5) is 0 Å². The lowest BCUT2D eigenvalue weighted by Crippen LogP contribution is -2.38. The third kappa shape index (κ3) is 3.29. The van der Waals surface area contributed by atoms with E-state index >= 15 is 0 Å². The summed E-state index contributed by atoms with van der Waals surface area (Å²) in [5, 5.41) is 3.40. The maximum atomic E-state index is 10.8. The van der Waals surface area contributed by atoms with Gasteiger partial charge >= 0.3 is 0 Å². The van der Waals surface area contributed by atoms with Gasteiger partial charge in [0, 0.05) is 18.5 Å². The zero-order valence-electron chi connectivity index (χ0n) is 9.25. The second-order valence-electron chi connectivity index (χ2n) is 4.54. The first-order chi connectivity index (χ1) is 6.61. The molecular weight excluding hydrogens is 176 g/mol. The van der Waals surface area contributed by atoms with Gasteiger partial charge in [0.25, 0.3) is 0 Å². The zero-order chi connectivity index (χ0) is 10.6. The smallest absolute Gasteiger partial charge is 0.221 e. The zero-order valence-corrected chi connectivity index (χ0v) is 9.25. The number of nitrogens with one attached hydrogen (secondary N) is 1. The highest BCUT2D eigenvalue weighted by atomic mass is 16.1. The standard InChI is InChI=1S/C11H22N2O/c1-8(11(12)14)7-13-9(2)10-5-3-4-6-10/h8-10,13H,3-7H2,1-2H3,(H2,12,14)/t8?,9-/m0/s1. The molecule has 0 aliphatic heterocycles. The van der Waals surface area contributed by atoms with Crippen LogP contribution in [0.25, 0.3) is 0 Å². The number of amides is 1. The van der Waals surface area contributed by atoms with Crippen LogP contribution in [0.2, 0.25) is 0 Å². The van der Waals surface area contributed by atoms with Gasteiger partial charge in [0.15, 0.2) is 0 Å². The minimum absolute atomic E-state index is 0.0566. The van der Waals surface area contributed by atoms with Crippen LogP contribution in [0.15, 0.2) is 0 Å². The average molecular weight is 198 g/mol. The number of primary amides is 1. The van der Waals surface area contributed by atoms with E-state index in [1.165, 1.54) is 25.7 Å². The summed E-state index contributed by atoms with van der Waals surface area (Å²) >= 11 is 0. The second kappa shape index (κ2) is 5.35. The van der Waals surface area contributed by atoms with E-state index in [0.29, 0.717) is 12.6 Å². The van der Waals surface area contributed by atoms with E-state index in [9.17, 15) is 4.79 Å². The minimum atomic E-state index is -0.212. The largest absolute Gasteiger partial charge is 0.369 e. The van der Waals surface area contributed by atoms with Gasteiger partial charge in [-0.15, -0.1) is 0 Å². The van der Waals surface area contributed by atoms with Gasteiger partial charge in [-0.05, 0) is 25.7 Å². The van der Waals surface area contributed by atoms with Crippen LogP contribution < -0.4 is 11.1 Å². The van der Waals surface area contributed by atoms with Crippen molar-refractivity contribution in [2.45, 2.75) is 45.6 Å². The Morgan fingerprint density at radius 1 is 1.43 bits per heavy atom. The molecule has 0 heterocycles. The lowest BCUT2D eigenvalue weighted by Gasteiger charge is -2.21. The van der Waals surface area contributed by atoms with Crippen molar-refractivity contribution in [2.24, 2.45) is 17.6 Å². The van der Waals surface area contributed by atoms with Crippen LogP contribution in [-0.4, -0.2) is 18.5 Å². The molecular formula is C11H22N2O. The van der Waals surface area contributed by atoms with Crippen LogP contribution in [0, 0.1) is 11.8 Å². The molecule has 1 amide bonds. The number of hydrogen-bond acceptors (Lipinski definition) is 2. The summed E-state index contributed by atoms with van der Waals surface area (Å²) in [5.41, 5.74) is 5.20. The van der Waals surface area contributed by atoms with Crippen molar-refractivity contribution in [2.75, 3.05) is 6.54 Å². The highest BCUT2D eigenvalue weighted by Gasteiger charge is 2.21. The Morgan fingerprint density at radius 2 is 2.00 bits per heavy atom. The highest BCUT2D eigenvalue weighted by molar-refractivity contribution is 5.76. The summed E-state index contributed by atoms with van der Waals surface area (Å²) in [6, 6.07) is 0.527. The summed E-state index contributed by atoms with van der Waals surface area (Å²) in [6.45, 7) is 4.80. The van der Waals surface area contributed by atoms with Crippen LogP contribution in [0.1, 0.15) is 39.5 Å². The summed E-state index contributed by atoms with van der Waals surface area (Å²) in [4.78, 5) is 10.8. The van der Waals surface area contributed by atoms with Crippen molar-refractivity contribution >= 4 is 5.91 Å². The quantitative estimate of drug-likeness (QED) is 0.699. The van der Waals surface area contributed by atoms with Crippen molar-refractivity contribution in [3.8, 4) is 0 Å². The molecule has 0 aromatic carbocycles. The van der Waals surface area contributed by atoms with Crippen LogP contribution in [0.5, 0.6) is 0 Å². The maximum Gasteiger partial charge on any atom is 0.221 e. The number of hydrogen-bond donors (Lipinski definition) is 2. The van der Waals surface area contributed by atoms with Crippen LogP contribution in [-0.2, 0) is 4.79 Å². The number of carbonyl (C=O) groups is 1. The van der Waals surface area contributed by atoms with E-state index in [0.717, 1.165) is 5.92 Å². The number of nitrogens with two attached hydrogens (primary N) is 1. The molecule has 0 bridgehead atoms. The monoisotopic (exact) mass is 198 g/mol. The van der Waals surface area contributed by atoms with Crippen molar-refractivity contribution in [3.05, 3.63) is 0 Å². The van der Waals surface area contributed by atoms with E-state index in [4.69, 9.17) is 5.73 Å². The first kappa shape index (κ1) is 11.5. The fourth-order valence-corrected chi connectivity index (χ4v) is 2.09. The minimum Gasteiger partial charge on any atom is -0.369 e. The molecule has 3 N–H and O–H groups in total. The lowest BCUT2D eigenvalue weighted by molar-refractivity contribution is -0.121. The van der Waals surface area contributed by atoms with Gasteiger partial charge in [-0.3, -0.25) is 4.79 Å². The van der Waals surface area contributed by atoms with Crippen molar-refractivity contribution in [3.63, 3.8) is 0 Å². The Balaban J connectivity index is 2.19. The lowest BCUT2D eigenvalue weighted by atomic mass is 9.99. The Bertz CT molecular complexity index is 188. The van der Waals surface area contributed by atoms with Gasteiger partial charge in [0.1, 0.15) is 0 Å². The van der Waals surface area contributed by atoms with Crippen molar-refractivity contribution < 1.29 is 4.79 Å². The SMILES string of the molecule is CC(CN[C@@H](C)C1CCCC1)C(N)=O. The van der Waals surface area contributed by atoms with Gasteiger partial charge in [-0.25, -0.2) is 0 Å². The Morgan fingerprint density at radius 3 is 2.50 bits per heavy atom. The van der Waals surface area contributed by atoms with Crippen molar-refractivity contribution in [1.82, 2.24) is 5.32 Å². The van der Waals surface area contributed by atoms with Gasteiger partial charge in [0.2, 0.25) is 5.91 Å². The van der Waals surface area contributed by atoms with Gasteiger partial charge in [-0.2, -0.15) is 0 Å². The fraction of sp³-hybridized carbons (Fsp3) is 0.909. The molecule has 0 spiro atoms. The van der Waals surface area contributed by atoms with E-state index in [1.807, 2.05) is 6.92 Å². The first-order valence-corrected chi connectivity index (χ1v) is 5.64. The molecule has 1 fully saturated rings. The third-order valence-corrected chi connectivity index (χ3v) is 3.34. The number of rotatable bonds is 5. The van der Waals surface area contributed by atoms with Crippen molar-refractivity contribution in [1.29, 1.82) is 0 Å². The van der Waals surface area contributed by atoms with Gasteiger partial charge in [-0.1, -0.05) is 19.8 Å². The Kier molecular flexibility index (Phi) is 4.39. The molecule has 3 heteroatoms. The Labute approximate surface area is 86.4 Å². The van der Waals surface area contributed by atoms with Gasteiger partial charge in [0.05, 0.1) is 0 Å². The summed E-state index contributed by atoms with van der Waals surface area (Å²) < 4.78 is 0. The third-order valence-electron chi connectivity index (χ3n) is 3.34. The first-order valence-electron chi connectivity index (χ1n) is 5.64. The van der Waals surface area contributed by atoms with Crippen LogP contribution >= 0.6 is 0 Å². The van der Waals surface area contributed by atoms with E-state index in [1.54, 1.807) is 0 Å².